The Kier molecular flexibility index (Phi) is 3.74. The first-order valence-electron chi connectivity index (χ1n) is 6.78. The van der Waals surface area contributed by atoms with Gasteiger partial charge in [0.05, 0.1) is 24.2 Å². The van der Waals surface area contributed by atoms with E-state index in [1.165, 1.54) is 0 Å². The molecule has 0 atom stereocenters. The van der Waals surface area contributed by atoms with Gasteiger partial charge in [-0.25, -0.2) is 4.98 Å². The van der Waals surface area contributed by atoms with Gasteiger partial charge in [-0.2, -0.15) is 0 Å². The number of nitrogens with one attached hydrogen (secondary N) is 1. The Labute approximate surface area is 126 Å². The molecular weight excluding hydrogens is 282 g/mol. The Morgan fingerprint density at radius 3 is 2.73 bits per heavy atom. The molecule has 2 aromatic heterocycles. The van der Waals surface area contributed by atoms with Crippen molar-refractivity contribution in [1.82, 2.24) is 15.0 Å². The second-order valence-electron chi connectivity index (χ2n) is 4.82. The smallest absolute Gasteiger partial charge is 0.258 e. The number of nitrogens with zero attached hydrogens (tertiary/aromatic N) is 2. The summed E-state index contributed by atoms with van der Waals surface area (Å²) in [6.07, 6.45) is 1.64. The van der Waals surface area contributed by atoms with Gasteiger partial charge in [0, 0.05) is 5.69 Å². The zero-order chi connectivity index (χ0) is 15.5. The molecule has 0 unspecified atom stereocenters. The lowest BCUT2D eigenvalue weighted by molar-refractivity contribution is 0.294. The number of H-pyrrole nitrogens is 1. The van der Waals surface area contributed by atoms with Gasteiger partial charge in [0.2, 0.25) is 0 Å². The van der Waals surface area contributed by atoms with Crippen LogP contribution >= 0.6 is 0 Å². The Balaban J connectivity index is 1.85. The largest absolute Gasteiger partial charge is 0.497 e. The standard InChI is InChI=1S/C16H15N3O3/c1-10-3-4-12(8-17-10)22-9-15-18-14-6-5-11(21-2)7-13(14)16(20)19-15/h3-8H,9H2,1-2H3,(H,18,19,20). The molecule has 3 rings (SSSR count). The van der Waals surface area contributed by atoms with Crippen molar-refractivity contribution in [3.63, 3.8) is 0 Å². The summed E-state index contributed by atoms with van der Waals surface area (Å²) >= 11 is 0. The van der Waals surface area contributed by atoms with Crippen LogP contribution in [0.3, 0.4) is 0 Å². The van der Waals surface area contributed by atoms with Gasteiger partial charge in [0.15, 0.2) is 0 Å². The van der Waals surface area contributed by atoms with Crippen molar-refractivity contribution < 1.29 is 9.47 Å². The lowest BCUT2D eigenvalue weighted by Crippen LogP contribution is -2.13. The highest BCUT2D eigenvalue weighted by Crippen LogP contribution is 2.16. The number of hydrogen-bond acceptors (Lipinski definition) is 5. The molecule has 0 bridgehead atoms. The van der Waals surface area contributed by atoms with Gasteiger partial charge in [-0.3, -0.25) is 9.78 Å². The van der Waals surface area contributed by atoms with Gasteiger partial charge in [0.1, 0.15) is 23.9 Å². The number of methoxy groups -OCH3 is 1. The molecule has 6 heteroatoms. The lowest BCUT2D eigenvalue weighted by Gasteiger charge is -2.07. The molecule has 2 heterocycles. The van der Waals surface area contributed by atoms with Crippen molar-refractivity contribution in [2.45, 2.75) is 13.5 Å². The summed E-state index contributed by atoms with van der Waals surface area (Å²) in [7, 11) is 1.56. The highest BCUT2D eigenvalue weighted by Gasteiger charge is 2.06. The van der Waals surface area contributed by atoms with Crippen LogP contribution in [-0.2, 0) is 6.61 Å². The van der Waals surface area contributed by atoms with Crippen LogP contribution in [0, 0.1) is 6.92 Å². The monoisotopic (exact) mass is 297 g/mol. The van der Waals surface area contributed by atoms with E-state index in [0.717, 1.165) is 5.69 Å². The van der Waals surface area contributed by atoms with Crippen LogP contribution in [0.2, 0.25) is 0 Å². The van der Waals surface area contributed by atoms with Crippen molar-refractivity contribution in [3.05, 3.63) is 58.4 Å². The molecule has 0 saturated heterocycles. The normalized spacial score (nSPS) is 10.6. The molecular formula is C16H15N3O3. The third-order valence-electron chi connectivity index (χ3n) is 3.22. The van der Waals surface area contributed by atoms with E-state index in [1.807, 2.05) is 19.1 Å². The maximum absolute atomic E-state index is 12.1. The number of aryl methyl sites for hydroxylation is 1. The molecule has 0 radical (unpaired) electrons. The summed E-state index contributed by atoms with van der Waals surface area (Å²) in [6, 6.07) is 8.86. The molecule has 1 aromatic carbocycles. The molecule has 1 N–H and O–H groups in total. The first-order valence-corrected chi connectivity index (χ1v) is 6.78. The Morgan fingerprint density at radius 2 is 2.00 bits per heavy atom. The van der Waals surface area contributed by atoms with Crippen LogP contribution in [0.1, 0.15) is 11.5 Å². The van der Waals surface area contributed by atoms with Crippen molar-refractivity contribution in [3.8, 4) is 11.5 Å². The van der Waals surface area contributed by atoms with Crippen LogP contribution in [0.25, 0.3) is 10.9 Å². The second kappa shape index (κ2) is 5.85. The van der Waals surface area contributed by atoms with E-state index in [4.69, 9.17) is 9.47 Å². The molecule has 0 aliphatic rings. The average Bonchev–Trinajstić information content (AvgIpc) is 2.54. The highest BCUT2D eigenvalue weighted by atomic mass is 16.5. The van der Waals surface area contributed by atoms with Crippen molar-refractivity contribution in [2.24, 2.45) is 0 Å². The quantitative estimate of drug-likeness (QED) is 0.799. The summed E-state index contributed by atoms with van der Waals surface area (Å²) < 4.78 is 10.7. The maximum Gasteiger partial charge on any atom is 0.258 e. The first-order chi connectivity index (χ1) is 10.7. The molecule has 0 fully saturated rings. The van der Waals surface area contributed by atoms with Crippen molar-refractivity contribution >= 4 is 10.9 Å². The SMILES string of the molecule is COc1ccc2nc(COc3ccc(C)nc3)[nH]c(=O)c2c1. The Hall–Kier alpha value is -2.89. The van der Waals surface area contributed by atoms with Gasteiger partial charge in [0.25, 0.3) is 5.56 Å². The van der Waals surface area contributed by atoms with E-state index in [1.54, 1.807) is 31.5 Å². The first kappa shape index (κ1) is 14.1. The van der Waals surface area contributed by atoms with E-state index in [-0.39, 0.29) is 12.2 Å². The number of ether oxygens (including phenoxy) is 2. The number of hydrogen-bond donors (Lipinski definition) is 1. The molecule has 6 nitrogen and oxygen atoms in total. The van der Waals surface area contributed by atoms with Gasteiger partial charge >= 0.3 is 0 Å². The number of rotatable bonds is 4. The van der Waals surface area contributed by atoms with Crippen molar-refractivity contribution in [1.29, 1.82) is 0 Å². The number of fused-ring (bicyclic) bond motifs is 1. The predicted octanol–water partition coefficient (Wildman–Crippen LogP) is 2.21. The van der Waals surface area contributed by atoms with Gasteiger partial charge in [-0.05, 0) is 37.3 Å². The van der Waals surface area contributed by atoms with Crippen LogP contribution in [-0.4, -0.2) is 22.1 Å². The summed E-state index contributed by atoms with van der Waals surface area (Å²) in [6.45, 7) is 2.07. The predicted molar refractivity (Wildman–Crippen MR) is 82.2 cm³/mol. The van der Waals surface area contributed by atoms with E-state index in [2.05, 4.69) is 15.0 Å². The molecule has 22 heavy (non-hydrogen) atoms. The average molecular weight is 297 g/mol. The number of benzene rings is 1. The summed E-state index contributed by atoms with van der Waals surface area (Å²) in [5.41, 5.74) is 1.30. The molecule has 0 amide bonds. The minimum absolute atomic E-state index is 0.169. The molecule has 3 aromatic rings. The third-order valence-corrected chi connectivity index (χ3v) is 3.22. The van der Waals surface area contributed by atoms with Gasteiger partial charge in [-0.15, -0.1) is 0 Å². The van der Waals surface area contributed by atoms with Gasteiger partial charge < -0.3 is 14.5 Å². The maximum atomic E-state index is 12.1. The minimum Gasteiger partial charge on any atom is -0.497 e. The number of aromatic nitrogens is 3. The number of pyridine rings is 1. The van der Waals surface area contributed by atoms with E-state index < -0.39 is 0 Å². The molecule has 0 aliphatic carbocycles. The molecule has 112 valence electrons. The van der Waals surface area contributed by atoms with E-state index in [9.17, 15) is 4.79 Å². The Bertz CT molecular complexity index is 857. The highest BCUT2D eigenvalue weighted by molar-refractivity contribution is 5.79. The van der Waals surface area contributed by atoms with Crippen LogP contribution in [0.15, 0.2) is 41.3 Å². The lowest BCUT2D eigenvalue weighted by atomic mass is 10.2. The fourth-order valence-electron chi connectivity index (χ4n) is 2.05. The minimum atomic E-state index is -0.218. The van der Waals surface area contributed by atoms with Gasteiger partial charge in [-0.1, -0.05) is 0 Å². The summed E-state index contributed by atoms with van der Waals surface area (Å²) in [4.78, 5) is 23.4. The van der Waals surface area contributed by atoms with Crippen LogP contribution < -0.4 is 15.0 Å². The fourth-order valence-corrected chi connectivity index (χ4v) is 2.05. The number of aromatic amines is 1. The summed E-state index contributed by atoms with van der Waals surface area (Å²) in [5.74, 6) is 1.71. The molecule has 0 spiro atoms. The fraction of sp³-hybridized carbons (Fsp3) is 0.188. The van der Waals surface area contributed by atoms with Crippen molar-refractivity contribution in [2.75, 3.05) is 7.11 Å². The molecule has 0 aliphatic heterocycles. The van der Waals surface area contributed by atoms with E-state index >= 15 is 0 Å². The zero-order valence-corrected chi connectivity index (χ0v) is 12.3. The van der Waals surface area contributed by atoms with Crippen LogP contribution in [0.4, 0.5) is 0 Å². The zero-order valence-electron chi connectivity index (χ0n) is 12.3. The van der Waals surface area contributed by atoms with E-state index in [0.29, 0.717) is 28.2 Å². The topological polar surface area (TPSA) is 77.1 Å². The Morgan fingerprint density at radius 1 is 1.18 bits per heavy atom. The third kappa shape index (κ3) is 2.90. The molecule has 0 saturated carbocycles. The van der Waals surface area contributed by atoms with Crippen LogP contribution in [0.5, 0.6) is 11.5 Å². The summed E-state index contributed by atoms with van der Waals surface area (Å²) in [5, 5.41) is 0.486. The second-order valence-corrected chi connectivity index (χ2v) is 4.82.